The van der Waals surface area contributed by atoms with E-state index in [1.165, 1.54) is 0 Å². The summed E-state index contributed by atoms with van der Waals surface area (Å²) >= 11 is 0. The van der Waals surface area contributed by atoms with Gasteiger partial charge < -0.3 is 4.42 Å². The molecule has 0 unspecified atom stereocenters. The standard InChI is InChI=1S/C32H22N6O/c33-27-15-9-19-5-1-3-7-23(19)31(27)37-35-21-11-13-25-26-14-12-22(18-30(26)39-29(25)17-21)36-38-32-24-8-4-2-6-20(24)10-16-28(32)34/h1-18,33-36H/b33-27?,34-28?,37-31-,38-32-. The third-order valence-corrected chi connectivity index (χ3v) is 6.87. The summed E-state index contributed by atoms with van der Waals surface area (Å²) in [5.74, 6) is 0. The SMILES string of the molecule is N=C1C=Cc2ccccc2/C1=N/Nc1ccc2c(c1)oc1cc(N/N=C3\C(=N)C=Cc4ccccc43)ccc12. The van der Waals surface area contributed by atoms with E-state index >= 15 is 0 Å². The predicted molar refractivity (Wildman–Crippen MR) is 160 cm³/mol. The molecule has 39 heavy (non-hydrogen) atoms. The van der Waals surface area contributed by atoms with Crippen molar-refractivity contribution in [2.75, 3.05) is 10.9 Å². The van der Waals surface area contributed by atoms with Gasteiger partial charge in [-0.05, 0) is 47.5 Å². The molecule has 1 heterocycles. The smallest absolute Gasteiger partial charge is 0.137 e. The van der Waals surface area contributed by atoms with Crippen molar-refractivity contribution in [3.63, 3.8) is 0 Å². The van der Waals surface area contributed by atoms with E-state index in [1.807, 2.05) is 97.1 Å². The van der Waals surface area contributed by atoms with Crippen LogP contribution in [0.15, 0.2) is 112 Å². The van der Waals surface area contributed by atoms with E-state index in [0.717, 1.165) is 55.6 Å². The van der Waals surface area contributed by atoms with Crippen molar-refractivity contribution in [3.05, 3.63) is 119 Å². The topological polar surface area (TPSA) is 110 Å². The molecule has 7 heteroatoms. The number of benzene rings is 4. The lowest BCUT2D eigenvalue weighted by Gasteiger charge is -2.14. The Balaban J connectivity index is 1.17. The molecule has 0 bridgehead atoms. The summed E-state index contributed by atoms with van der Waals surface area (Å²) in [5, 5.41) is 27.7. The van der Waals surface area contributed by atoms with Gasteiger partial charge in [-0.25, -0.2) is 0 Å². The zero-order chi connectivity index (χ0) is 26.3. The second kappa shape index (κ2) is 9.08. The average molecular weight is 507 g/mol. The monoisotopic (exact) mass is 506 g/mol. The van der Waals surface area contributed by atoms with Gasteiger partial charge in [-0.1, -0.05) is 60.7 Å². The third kappa shape index (κ3) is 4.02. The highest BCUT2D eigenvalue weighted by Gasteiger charge is 2.17. The first-order valence-corrected chi connectivity index (χ1v) is 12.5. The molecule has 7 nitrogen and oxygen atoms in total. The molecule has 4 aromatic carbocycles. The van der Waals surface area contributed by atoms with Crippen LogP contribution in [0, 0.1) is 10.8 Å². The molecule has 7 rings (SSSR count). The van der Waals surface area contributed by atoms with Gasteiger partial charge in [0.15, 0.2) is 0 Å². The molecule has 5 aromatic rings. The number of anilines is 2. The average Bonchev–Trinajstić information content (AvgIpc) is 3.33. The molecular formula is C32H22N6O. The van der Waals surface area contributed by atoms with E-state index in [0.29, 0.717) is 22.8 Å². The minimum atomic E-state index is 0.359. The number of hydrazone groups is 2. The van der Waals surface area contributed by atoms with Gasteiger partial charge in [-0.2, -0.15) is 10.2 Å². The Bertz CT molecular complexity index is 1820. The zero-order valence-corrected chi connectivity index (χ0v) is 20.7. The number of nitrogens with zero attached hydrogens (tertiary/aromatic N) is 2. The molecule has 0 atom stereocenters. The normalized spacial score (nSPS) is 16.2. The minimum absolute atomic E-state index is 0.359. The largest absolute Gasteiger partial charge is 0.456 e. The predicted octanol–water partition coefficient (Wildman–Crippen LogP) is 7.31. The number of allylic oxidation sites excluding steroid dienone is 2. The van der Waals surface area contributed by atoms with Crippen molar-refractivity contribution in [3.8, 4) is 0 Å². The number of rotatable bonds is 4. The molecule has 0 saturated heterocycles. The summed E-state index contributed by atoms with van der Waals surface area (Å²) in [4.78, 5) is 0. The van der Waals surface area contributed by atoms with Crippen LogP contribution in [0.2, 0.25) is 0 Å². The second-order valence-electron chi connectivity index (χ2n) is 9.34. The third-order valence-electron chi connectivity index (χ3n) is 6.87. The Morgan fingerprint density at radius 3 is 1.49 bits per heavy atom. The van der Waals surface area contributed by atoms with Crippen molar-refractivity contribution in [1.29, 1.82) is 10.8 Å². The van der Waals surface area contributed by atoms with Crippen molar-refractivity contribution in [2.24, 2.45) is 10.2 Å². The second-order valence-corrected chi connectivity index (χ2v) is 9.34. The Morgan fingerprint density at radius 2 is 1.00 bits per heavy atom. The van der Waals surface area contributed by atoms with Crippen LogP contribution in [-0.4, -0.2) is 22.8 Å². The summed E-state index contributed by atoms with van der Waals surface area (Å²) in [6.07, 6.45) is 7.38. The first kappa shape index (κ1) is 22.6. The molecule has 0 saturated carbocycles. The summed E-state index contributed by atoms with van der Waals surface area (Å²) in [6.45, 7) is 0. The fourth-order valence-electron chi connectivity index (χ4n) is 4.91. The van der Waals surface area contributed by atoms with Gasteiger partial charge in [-0.3, -0.25) is 21.7 Å². The van der Waals surface area contributed by atoms with E-state index < -0.39 is 0 Å². The Hall–Kier alpha value is -5.56. The van der Waals surface area contributed by atoms with Crippen molar-refractivity contribution in [1.82, 2.24) is 0 Å². The highest BCUT2D eigenvalue weighted by Crippen LogP contribution is 2.32. The number of nitrogens with one attached hydrogen (secondary N) is 4. The number of hydrogen-bond donors (Lipinski definition) is 4. The molecule has 1 aromatic heterocycles. The molecule has 0 amide bonds. The van der Waals surface area contributed by atoms with E-state index in [4.69, 9.17) is 15.2 Å². The van der Waals surface area contributed by atoms with Crippen LogP contribution in [0.25, 0.3) is 34.1 Å². The highest BCUT2D eigenvalue weighted by molar-refractivity contribution is 6.54. The van der Waals surface area contributed by atoms with Crippen LogP contribution in [-0.2, 0) is 0 Å². The minimum Gasteiger partial charge on any atom is -0.456 e. The first-order valence-electron chi connectivity index (χ1n) is 12.5. The van der Waals surface area contributed by atoms with Crippen LogP contribution in [0.3, 0.4) is 0 Å². The molecule has 0 spiro atoms. The first-order chi connectivity index (χ1) is 19.1. The molecule has 0 aliphatic heterocycles. The maximum atomic E-state index is 8.31. The van der Waals surface area contributed by atoms with E-state index in [-0.39, 0.29) is 0 Å². The number of furan rings is 1. The molecule has 186 valence electrons. The Morgan fingerprint density at radius 1 is 0.538 bits per heavy atom. The van der Waals surface area contributed by atoms with Gasteiger partial charge in [0, 0.05) is 34.0 Å². The molecule has 0 fully saturated rings. The lowest BCUT2D eigenvalue weighted by Crippen LogP contribution is -2.18. The quantitative estimate of drug-likeness (QED) is 0.192. The fourth-order valence-corrected chi connectivity index (χ4v) is 4.91. The van der Waals surface area contributed by atoms with E-state index in [2.05, 4.69) is 21.1 Å². The van der Waals surface area contributed by atoms with E-state index in [9.17, 15) is 0 Å². The van der Waals surface area contributed by atoms with Gasteiger partial charge in [0.1, 0.15) is 22.6 Å². The summed E-state index contributed by atoms with van der Waals surface area (Å²) in [7, 11) is 0. The Kier molecular flexibility index (Phi) is 5.26. The molecule has 4 N–H and O–H groups in total. The van der Waals surface area contributed by atoms with Crippen molar-refractivity contribution in [2.45, 2.75) is 0 Å². The maximum Gasteiger partial charge on any atom is 0.137 e. The molecule has 0 radical (unpaired) electrons. The summed E-state index contributed by atoms with van der Waals surface area (Å²) in [5.41, 5.74) is 15.0. The van der Waals surface area contributed by atoms with Crippen LogP contribution >= 0.6 is 0 Å². The Labute approximate surface area is 223 Å². The van der Waals surface area contributed by atoms with Crippen LogP contribution in [0.5, 0.6) is 0 Å². The summed E-state index contributed by atoms with van der Waals surface area (Å²) in [6, 6.07) is 27.6. The number of fused-ring (bicyclic) bond motifs is 5. The van der Waals surface area contributed by atoms with Crippen molar-refractivity contribution < 1.29 is 4.42 Å². The van der Waals surface area contributed by atoms with Crippen LogP contribution in [0.4, 0.5) is 11.4 Å². The lowest BCUT2D eigenvalue weighted by molar-refractivity contribution is 0.669. The number of hydrogen-bond acceptors (Lipinski definition) is 7. The van der Waals surface area contributed by atoms with Gasteiger partial charge in [0.05, 0.1) is 22.8 Å². The van der Waals surface area contributed by atoms with Crippen LogP contribution in [0.1, 0.15) is 22.3 Å². The molecule has 2 aliphatic carbocycles. The van der Waals surface area contributed by atoms with Gasteiger partial charge in [0.25, 0.3) is 0 Å². The van der Waals surface area contributed by atoms with Crippen molar-refractivity contribution >= 4 is 68.3 Å². The fraction of sp³-hybridized carbons (Fsp3) is 0. The molecule has 2 aliphatic rings. The maximum absolute atomic E-state index is 8.31. The highest BCUT2D eigenvalue weighted by atomic mass is 16.3. The van der Waals surface area contributed by atoms with Gasteiger partial charge in [-0.15, -0.1) is 0 Å². The van der Waals surface area contributed by atoms with Gasteiger partial charge >= 0.3 is 0 Å². The van der Waals surface area contributed by atoms with E-state index in [1.54, 1.807) is 12.2 Å². The van der Waals surface area contributed by atoms with Crippen LogP contribution < -0.4 is 10.9 Å². The van der Waals surface area contributed by atoms with Gasteiger partial charge in [0.2, 0.25) is 0 Å². The lowest BCUT2D eigenvalue weighted by atomic mass is 9.94. The molecular weight excluding hydrogens is 484 g/mol. The summed E-state index contributed by atoms with van der Waals surface area (Å²) < 4.78 is 6.19. The zero-order valence-electron chi connectivity index (χ0n) is 20.7.